The van der Waals surface area contributed by atoms with Crippen molar-refractivity contribution >= 4 is 12.0 Å². The molecule has 0 aromatic rings. The van der Waals surface area contributed by atoms with Crippen LogP contribution in [0.3, 0.4) is 0 Å². The first-order chi connectivity index (χ1) is 8.43. The minimum absolute atomic E-state index is 0.0506. The summed E-state index contributed by atoms with van der Waals surface area (Å²) in [5, 5.41) is 11.6. The summed E-state index contributed by atoms with van der Waals surface area (Å²) >= 11 is 0. The topological polar surface area (TPSA) is 78.9 Å². The summed E-state index contributed by atoms with van der Waals surface area (Å²) in [5.74, 6) is -0.809. The van der Waals surface area contributed by atoms with Crippen LogP contribution in [0.4, 0.5) is 4.79 Å². The highest BCUT2D eigenvalue weighted by molar-refractivity contribution is 5.76. The lowest BCUT2D eigenvalue weighted by molar-refractivity contribution is -0.137. The number of hydrogen-bond donors (Lipinski definition) is 2. The number of amides is 2. The molecule has 2 atom stereocenters. The number of methoxy groups -OCH3 is 1. The molecule has 104 valence electrons. The van der Waals surface area contributed by atoms with Crippen LogP contribution in [0.5, 0.6) is 0 Å². The van der Waals surface area contributed by atoms with Gasteiger partial charge in [-0.3, -0.25) is 4.79 Å². The quantitative estimate of drug-likeness (QED) is 0.768. The Hall–Kier alpha value is -1.30. The number of hydrogen-bond acceptors (Lipinski definition) is 3. The molecule has 0 aromatic carbocycles. The van der Waals surface area contributed by atoms with Crippen LogP contribution >= 0.6 is 0 Å². The van der Waals surface area contributed by atoms with Crippen LogP contribution in [0.15, 0.2) is 0 Å². The second kappa shape index (κ2) is 6.58. The minimum atomic E-state index is -0.898. The number of nitrogens with one attached hydrogen (secondary N) is 1. The lowest BCUT2D eigenvalue weighted by Gasteiger charge is -2.24. The van der Waals surface area contributed by atoms with E-state index in [1.165, 1.54) is 0 Å². The van der Waals surface area contributed by atoms with Crippen molar-refractivity contribution in [3.63, 3.8) is 0 Å². The highest BCUT2D eigenvalue weighted by Gasteiger charge is 2.28. The molecule has 2 amide bonds. The van der Waals surface area contributed by atoms with E-state index in [1.807, 2.05) is 13.8 Å². The Bertz CT molecular complexity index is 306. The van der Waals surface area contributed by atoms with Crippen molar-refractivity contribution in [2.24, 2.45) is 5.92 Å². The lowest BCUT2D eigenvalue weighted by Crippen LogP contribution is -2.47. The van der Waals surface area contributed by atoms with E-state index in [2.05, 4.69) is 5.32 Å². The van der Waals surface area contributed by atoms with Gasteiger partial charge < -0.3 is 20.1 Å². The molecule has 2 N–H and O–H groups in total. The number of ether oxygens (including phenoxy) is 1. The molecule has 1 rings (SSSR count). The van der Waals surface area contributed by atoms with Crippen LogP contribution in [0.25, 0.3) is 0 Å². The molecule has 18 heavy (non-hydrogen) atoms. The van der Waals surface area contributed by atoms with Gasteiger partial charge in [-0.1, -0.05) is 13.8 Å². The van der Waals surface area contributed by atoms with E-state index in [0.29, 0.717) is 13.1 Å². The van der Waals surface area contributed by atoms with Crippen molar-refractivity contribution in [3.05, 3.63) is 0 Å². The molecular weight excluding hydrogens is 236 g/mol. The van der Waals surface area contributed by atoms with Gasteiger partial charge in [0, 0.05) is 26.2 Å². The van der Waals surface area contributed by atoms with Crippen molar-refractivity contribution in [3.8, 4) is 0 Å². The maximum atomic E-state index is 12.0. The SMILES string of the molecule is COC1CCN(C(=O)NC(CC(=O)O)C(C)C)C1. The Labute approximate surface area is 107 Å². The zero-order valence-corrected chi connectivity index (χ0v) is 11.2. The third kappa shape index (κ3) is 4.18. The van der Waals surface area contributed by atoms with Gasteiger partial charge in [-0.15, -0.1) is 0 Å². The molecule has 0 aromatic heterocycles. The number of carbonyl (C=O) groups excluding carboxylic acids is 1. The van der Waals surface area contributed by atoms with E-state index < -0.39 is 5.97 Å². The minimum Gasteiger partial charge on any atom is -0.481 e. The van der Waals surface area contributed by atoms with Crippen molar-refractivity contribution in [1.82, 2.24) is 10.2 Å². The number of aliphatic carboxylic acids is 1. The molecule has 6 heteroatoms. The number of carboxylic acids is 1. The monoisotopic (exact) mass is 258 g/mol. The first-order valence-corrected chi connectivity index (χ1v) is 6.24. The second-order valence-electron chi connectivity index (χ2n) is 4.99. The largest absolute Gasteiger partial charge is 0.481 e. The first kappa shape index (κ1) is 14.8. The van der Waals surface area contributed by atoms with Crippen molar-refractivity contribution in [2.45, 2.75) is 38.8 Å². The summed E-state index contributed by atoms with van der Waals surface area (Å²) in [6, 6.07) is -0.536. The molecule has 2 unspecified atom stereocenters. The summed E-state index contributed by atoms with van der Waals surface area (Å²) < 4.78 is 5.19. The Morgan fingerprint density at radius 3 is 2.61 bits per heavy atom. The van der Waals surface area contributed by atoms with Gasteiger partial charge in [0.15, 0.2) is 0 Å². The molecule has 0 saturated carbocycles. The normalized spacial score (nSPS) is 21.1. The molecule has 0 aliphatic carbocycles. The van der Waals surface area contributed by atoms with E-state index >= 15 is 0 Å². The summed E-state index contributed by atoms with van der Waals surface area (Å²) in [5.41, 5.74) is 0. The van der Waals surface area contributed by atoms with Gasteiger partial charge in [-0.05, 0) is 12.3 Å². The molecule has 1 aliphatic rings. The third-order valence-electron chi connectivity index (χ3n) is 3.27. The molecule has 1 fully saturated rings. The van der Waals surface area contributed by atoms with E-state index in [-0.39, 0.29) is 30.5 Å². The average Bonchev–Trinajstić information content (AvgIpc) is 2.75. The predicted octanol–water partition coefficient (Wildman–Crippen LogP) is 0.916. The van der Waals surface area contributed by atoms with Crippen molar-refractivity contribution in [2.75, 3.05) is 20.2 Å². The maximum Gasteiger partial charge on any atom is 0.317 e. The lowest BCUT2D eigenvalue weighted by atomic mass is 10.0. The summed E-state index contributed by atoms with van der Waals surface area (Å²) in [4.78, 5) is 24.4. The molecule has 0 spiro atoms. The van der Waals surface area contributed by atoms with E-state index in [9.17, 15) is 9.59 Å². The zero-order chi connectivity index (χ0) is 13.7. The van der Waals surface area contributed by atoms with Gasteiger partial charge in [0.05, 0.1) is 12.5 Å². The number of rotatable bonds is 5. The van der Waals surface area contributed by atoms with Crippen molar-refractivity contribution in [1.29, 1.82) is 0 Å². The highest BCUT2D eigenvalue weighted by Crippen LogP contribution is 2.13. The van der Waals surface area contributed by atoms with Crippen LogP contribution < -0.4 is 5.32 Å². The van der Waals surface area contributed by atoms with Gasteiger partial charge in [-0.2, -0.15) is 0 Å². The number of urea groups is 1. The van der Waals surface area contributed by atoms with Crippen LogP contribution in [0.1, 0.15) is 26.7 Å². The van der Waals surface area contributed by atoms with Crippen LogP contribution in [-0.4, -0.2) is 54.4 Å². The first-order valence-electron chi connectivity index (χ1n) is 6.24. The number of carboxylic acid groups (broad SMARTS) is 1. The van der Waals surface area contributed by atoms with E-state index in [4.69, 9.17) is 9.84 Å². The van der Waals surface area contributed by atoms with Crippen molar-refractivity contribution < 1.29 is 19.4 Å². The van der Waals surface area contributed by atoms with Crippen LogP contribution in [0.2, 0.25) is 0 Å². The summed E-state index contributed by atoms with van der Waals surface area (Å²) in [6.45, 7) is 5.02. The fraction of sp³-hybridized carbons (Fsp3) is 0.833. The molecule has 0 bridgehead atoms. The molecule has 1 heterocycles. The van der Waals surface area contributed by atoms with Gasteiger partial charge in [0.25, 0.3) is 0 Å². The Kier molecular flexibility index (Phi) is 5.40. The predicted molar refractivity (Wildman–Crippen MR) is 66.4 cm³/mol. The maximum absolute atomic E-state index is 12.0. The average molecular weight is 258 g/mol. The molecular formula is C12H22N2O4. The fourth-order valence-electron chi connectivity index (χ4n) is 2.00. The second-order valence-corrected chi connectivity index (χ2v) is 4.99. The van der Waals surface area contributed by atoms with Gasteiger partial charge in [0.1, 0.15) is 0 Å². The summed E-state index contributed by atoms with van der Waals surface area (Å²) in [6.07, 6.45) is 0.868. The zero-order valence-electron chi connectivity index (χ0n) is 11.2. The summed E-state index contributed by atoms with van der Waals surface area (Å²) in [7, 11) is 1.63. The molecule has 1 aliphatic heterocycles. The standard InChI is InChI=1S/C12H22N2O4/c1-8(2)10(6-11(15)16)13-12(17)14-5-4-9(7-14)18-3/h8-10H,4-7H2,1-3H3,(H,13,17)(H,15,16). The van der Waals surface area contributed by atoms with Gasteiger partial charge in [-0.25, -0.2) is 4.79 Å². The molecule has 0 radical (unpaired) electrons. The number of carbonyl (C=O) groups is 2. The highest BCUT2D eigenvalue weighted by atomic mass is 16.5. The fourth-order valence-corrected chi connectivity index (χ4v) is 2.00. The molecule has 1 saturated heterocycles. The van der Waals surface area contributed by atoms with Crippen LogP contribution in [-0.2, 0) is 9.53 Å². The smallest absolute Gasteiger partial charge is 0.317 e. The van der Waals surface area contributed by atoms with E-state index in [0.717, 1.165) is 6.42 Å². The van der Waals surface area contributed by atoms with Gasteiger partial charge in [0.2, 0.25) is 0 Å². The Balaban J connectivity index is 2.48. The third-order valence-corrected chi connectivity index (χ3v) is 3.27. The van der Waals surface area contributed by atoms with Gasteiger partial charge >= 0.3 is 12.0 Å². The Morgan fingerprint density at radius 1 is 1.50 bits per heavy atom. The Morgan fingerprint density at radius 2 is 2.17 bits per heavy atom. The number of nitrogens with zero attached hydrogens (tertiary/aromatic N) is 1. The van der Waals surface area contributed by atoms with Crippen LogP contribution in [0, 0.1) is 5.92 Å². The van der Waals surface area contributed by atoms with E-state index in [1.54, 1.807) is 12.0 Å². The molecule has 6 nitrogen and oxygen atoms in total. The number of likely N-dealkylation sites (tertiary alicyclic amines) is 1.